The Morgan fingerprint density at radius 1 is 1.30 bits per heavy atom. The number of pyridine rings is 1. The zero-order chi connectivity index (χ0) is 14.5. The summed E-state index contributed by atoms with van der Waals surface area (Å²) < 4.78 is 5.54. The van der Waals surface area contributed by atoms with Crippen molar-refractivity contribution in [2.24, 2.45) is 0 Å². The molecule has 0 spiro atoms. The van der Waals surface area contributed by atoms with Crippen LogP contribution in [0.25, 0.3) is 0 Å². The molecule has 0 radical (unpaired) electrons. The molecule has 0 atom stereocenters. The zero-order valence-corrected chi connectivity index (χ0v) is 10.8. The number of benzene rings is 1. The fourth-order valence-electron chi connectivity index (χ4n) is 1.71. The standard InChI is InChI=1S/C15H12N2O3/c1-10-13(15(18)19)6-7-14(17-10)20-12-4-2-11(3-5-12)8-9-16/h2-7H,8H2,1H3,(H,18,19). The van der Waals surface area contributed by atoms with Crippen molar-refractivity contribution in [2.45, 2.75) is 13.3 Å². The largest absolute Gasteiger partial charge is 0.478 e. The van der Waals surface area contributed by atoms with Crippen molar-refractivity contribution in [3.05, 3.63) is 53.2 Å². The summed E-state index contributed by atoms with van der Waals surface area (Å²) in [7, 11) is 0. The monoisotopic (exact) mass is 268 g/mol. The highest BCUT2D eigenvalue weighted by molar-refractivity contribution is 5.88. The average molecular weight is 268 g/mol. The number of nitriles is 1. The number of aromatic nitrogens is 1. The normalized spacial score (nSPS) is 9.80. The molecule has 2 aromatic rings. The van der Waals surface area contributed by atoms with Crippen molar-refractivity contribution >= 4 is 5.97 Å². The minimum Gasteiger partial charge on any atom is -0.478 e. The number of aromatic carboxylic acids is 1. The van der Waals surface area contributed by atoms with E-state index >= 15 is 0 Å². The van der Waals surface area contributed by atoms with Gasteiger partial charge in [0.25, 0.3) is 0 Å². The summed E-state index contributed by atoms with van der Waals surface area (Å²) in [6, 6.07) is 12.1. The summed E-state index contributed by atoms with van der Waals surface area (Å²) in [4.78, 5) is 15.0. The predicted octanol–water partition coefficient (Wildman–Crippen LogP) is 2.95. The molecule has 0 aliphatic heterocycles. The number of hydrogen-bond donors (Lipinski definition) is 1. The van der Waals surface area contributed by atoms with Crippen LogP contribution in [0.4, 0.5) is 0 Å². The second-order valence-electron chi connectivity index (χ2n) is 4.17. The van der Waals surface area contributed by atoms with Gasteiger partial charge in [-0.1, -0.05) is 12.1 Å². The second kappa shape index (κ2) is 5.85. The van der Waals surface area contributed by atoms with E-state index < -0.39 is 5.97 Å². The molecule has 100 valence electrons. The molecule has 0 aliphatic rings. The molecule has 1 N–H and O–H groups in total. The number of hydrogen-bond acceptors (Lipinski definition) is 4. The fourth-order valence-corrected chi connectivity index (χ4v) is 1.71. The van der Waals surface area contributed by atoms with Crippen molar-refractivity contribution in [1.29, 1.82) is 5.26 Å². The summed E-state index contributed by atoms with van der Waals surface area (Å²) in [5.74, 6) is -0.0930. The Morgan fingerprint density at radius 2 is 2.00 bits per heavy atom. The number of carbonyl (C=O) groups is 1. The second-order valence-corrected chi connectivity index (χ2v) is 4.17. The van der Waals surface area contributed by atoms with Gasteiger partial charge in [-0.15, -0.1) is 0 Å². The molecule has 1 heterocycles. The summed E-state index contributed by atoms with van der Waals surface area (Å²) in [6.45, 7) is 1.62. The highest BCUT2D eigenvalue weighted by Gasteiger charge is 2.09. The third-order valence-corrected chi connectivity index (χ3v) is 2.72. The van der Waals surface area contributed by atoms with Gasteiger partial charge < -0.3 is 9.84 Å². The van der Waals surface area contributed by atoms with E-state index in [-0.39, 0.29) is 5.56 Å². The summed E-state index contributed by atoms with van der Waals surface area (Å²) in [5.41, 5.74) is 1.46. The summed E-state index contributed by atoms with van der Waals surface area (Å²) in [5, 5.41) is 17.5. The Hall–Kier alpha value is -2.87. The highest BCUT2D eigenvalue weighted by Crippen LogP contribution is 2.21. The molecular weight excluding hydrogens is 256 g/mol. The molecule has 5 nitrogen and oxygen atoms in total. The molecule has 0 saturated heterocycles. The van der Waals surface area contributed by atoms with Crippen LogP contribution in [0.2, 0.25) is 0 Å². The van der Waals surface area contributed by atoms with Crippen LogP contribution in [0.1, 0.15) is 21.6 Å². The Kier molecular flexibility index (Phi) is 3.96. The van der Waals surface area contributed by atoms with Crippen molar-refractivity contribution < 1.29 is 14.6 Å². The molecule has 0 unspecified atom stereocenters. The van der Waals surface area contributed by atoms with Crippen molar-refractivity contribution in [2.75, 3.05) is 0 Å². The summed E-state index contributed by atoms with van der Waals surface area (Å²) >= 11 is 0. The molecule has 0 amide bonds. The topological polar surface area (TPSA) is 83.2 Å². The lowest BCUT2D eigenvalue weighted by Gasteiger charge is -2.07. The van der Waals surface area contributed by atoms with Crippen LogP contribution >= 0.6 is 0 Å². The zero-order valence-electron chi connectivity index (χ0n) is 10.8. The van der Waals surface area contributed by atoms with Gasteiger partial charge in [-0.25, -0.2) is 9.78 Å². The van der Waals surface area contributed by atoms with E-state index in [4.69, 9.17) is 15.1 Å². The van der Waals surface area contributed by atoms with Gasteiger partial charge in [-0.3, -0.25) is 0 Å². The van der Waals surface area contributed by atoms with Gasteiger partial charge >= 0.3 is 5.97 Å². The number of carboxylic acids is 1. The van der Waals surface area contributed by atoms with E-state index in [1.54, 1.807) is 31.2 Å². The molecule has 0 bridgehead atoms. The van der Waals surface area contributed by atoms with E-state index in [9.17, 15) is 4.79 Å². The van der Waals surface area contributed by atoms with E-state index in [0.717, 1.165) is 5.56 Å². The van der Waals surface area contributed by atoms with Crippen molar-refractivity contribution in [3.63, 3.8) is 0 Å². The molecule has 0 aliphatic carbocycles. The maximum Gasteiger partial charge on any atom is 0.337 e. The Labute approximate surface area is 116 Å². The number of nitrogens with zero attached hydrogens (tertiary/aromatic N) is 2. The van der Waals surface area contributed by atoms with E-state index in [1.807, 2.05) is 0 Å². The molecule has 2 rings (SSSR count). The predicted molar refractivity (Wildman–Crippen MR) is 71.8 cm³/mol. The van der Waals surface area contributed by atoms with Gasteiger partial charge in [-0.05, 0) is 30.7 Å². The first-order chi connectivity index (χ1) is 9.60. The van der Waals surface area contributed by atoms with Crippen LogP contribution in [0.15, 0.2) is 36.4 Å². The van der Waals surface area contributed by atoms with Gasteiger partial charge in [0, 0.05) is 6.07 Å². The molecule has 0 fully saturated rings. The van der Waals surface area contributed by atoms with E-state index in [0.29, 0.717) is 23.7 Å². The van der Waals surface area contributed by atoms with Crippen LogP contribution in [0.5, 0.6) is 11.6 Å². The maximum atomic E-state index is 10.9. The summed E-state index contributed by atoms with van der Waals surface area (Å²) in [6.07, 6.45) is 0.352. The van der Waals surface area contributed by atoms with Crippen LogP contribution < -0.4 is 4.74 Å². The molecule has 0 saturated carbocycles. The van der Waals surface area contributed by atoms with Crippen molar-refractivity contribution in [3.8, 4) is 17.7 Å². The number of ether oxygens (including phenoxy) is 1. The first-order valence-corrected chi connectivity index (χ1v) is 5.95. The Bertz CT molecular complexity index is 673. The third-order valence-electron chi connectivity index (χ3n) is 2.72. The van der Waals surface area contributed by atoms with E-state index in [2.05, 4.69) is 11.1 Å². The Balaban J connectivity index is 2.16. The number of rotatable bonds is 4. The lowest BCUT2D eigenvalue weighted by Crippen LogP contribution is -2.02. The quantitative estimate of drug-likeness (QED) is 0.921. The lowest BCUT2D eigenvalue weighted by atomic mass is 10.2. The SMILES string of the molecule is Cc1nc(Oc2ccc(CC#N)cc2)ccc1C(=O)O. The highest BCUT2D eigenvalue weighted by atomic mass is 16.5. The van der Waals surface area contributed by atoms with Crippen LogP contribution in [-0.2, 0) is 6.42 Å². The van der Waals surface area contributed by atoms with Crippen LogP contribution in [0, 0.1) is 18.3 Å². The molecule has 5 heteroatoms. The lowest BCUT2D eigenvalue weighted by molar-refractivity contribution is 0.0695. The molecular formula is C15H12N2O3. The first kappa shape index (κ1) is 13.6. The fraction of sp³-hybridized carbons (Fsp3) is 0.133. The smallest absolute Gasteiger partial charge is 0.337 e. The van der Waals surface area contributed by atoms with Crippen LogP contribution in [0.3, 0.4) is 0 Å². The molecule has 1 aromatic carbocycles. The van der Waals surface area contributed by atoms with Crippen LogP contribution in [-0.4, -0.2) is 16.1 Å². The van der Waals surface area contributed by atoms with Gasteiger partial charge in [-0.2, -0.15) is 5.26 Å². The first-order valence-electron chi connectivity index (χ1n) is 5.95. The van der Waals surface area contributed by atoms with Crippen molar-refractivity contribution in [1.82, 2.24) is 4.98 Å². The molecule has 20 heavy (non-hydrogen) atoms. The molecule has 1 aromatic heterocycles. The van der Waals surface area contributed by atoms with Gasteiger partial charge in [0.05, 0.1) is 23.7 Å². The van der Waals surface area contributed by atoms with Gasteiger partial charge in [0.1, 0.15) is 5.75 Å². The average Bonchev–Trinajstić information content (AvgIpc) is 2.41. The maximum absolute atomic E-state index is 10.9. The van der Waals surface area contributed by atoms with E-state index in [1.165, 1.54) is 12.1 Å². The number of carboxylic acid groups (broad SMARTS) is 1. The van der Waals surface area contributed by atoms with Gasteiger partial charge in [0.15, 0.2) is 0 Å². The third kappa shape index (κ3) is 3.12. The number of aryl methyl sites for hydroxylation is 1. The Morgan fingerprint density at radius 3 is 2.55 bits per heavy atom. The minimum absolute atomic E-state index is 0.154. The van der Waals surface area contributed by atoms with Gasteiger partial charge in [0.2, 0.25) is 5.88 Å². The minimum atomic E-state index is -1.01.